The van der Waals surface area contributed by atoms with Gasteiger partial charge in [-0.1, -0.05) is 91.7 Å². The number of aromatic hydroxyl groups is 1. The van der Waals surface area contributed by atoms with Crippen molar-refractivity contribution in [3.8, 4) is 16.9 Å². The van der Waals surface area contributed by atoms with E-state index >= 15 is 0 Å². The number of unbranched alkanes of at least 4 members (excludes halogenated alkanes) is 3. The number of aliphatic hydroxyl groups is 2. The van der Waals surface area contributed by atoms with Crippen LogP contribution in [0.3, 0.4) is 0 Å². The van der Waals surface area contributed by atoms with Crippen LogP contribution < -0.4 is 10.8 Å². The van der Waals surface area contributed by atoms with Crippen LogP contribution in [0.1, 0.15) is 91.3 Å². The number of phenols is 1. The Balaban J connectivity index is 1.19. The zero-order valence-corrected chi connectivity index (χ0v) is 30.2. The molecule has 1 fully saturated rings. The van der Waals surface area contributed by atoms with E-state index in [1.165, 1.54) is 0 Å². The van der Waals surface area contributed by atoms with Crippen LogP contribution in [0.25, 0.3) is 11.1 Å². The fraction of sp³-hybridized carbons (Fsp3) is 0.381. The molecule has 0 aliphatic carbocycles. The molecule has 0 radical (unpaired) electrons. The standard InChI is InChI=1S/C42H51N3O8/c1-45(27-38(48)35-10-7-11-36(47)23-35)26-37-24-39(32-16-14-29(28-46)15-17-32)53-42(52-37)33-20-18-31(19-21-33)34-9-6-8-30(22-34)25-43-40(49)12-4-2-3-5-13-41(50)44-51/h6-11,14-23,37-39,42,46-48,51H,2-5,12-13,24-28H2,1H3,(H,43,49)(H,44,50)/t37-,38+,39+,42+/m0/s1. The molecule has 11 heteroatoms. The summed E-state index contributed by atoms with van der Waals surface area (Å²) in [6.45, 7) is 1.30. The third-order valence-electron chi connectivity index (χ3n) is 9.49. The Hall–Kier alpha value is -4.62. The van der Waals surface area contributed by atoms with Crippen LogP contribution in [-0.4, -0.2) is 63.5 Å². The second-order valence-electron chi connectivity index (χ2n) is 13.7. The van der Waals surface area contributed by atoms with E-state index < -0.39 is 12.4 Å². The molecule has 282 valence electrons. The van der Waals surface area contributed by atoms with Gasteiger partial charge in [-0.3, -0.25) is 14.8 Å². The minimum absolute atomic E-state index is 0.0138. The van der Waals surface area contributed by atoms with Crippen LogP contribution in [0, 0.1) is 0 Å². The first-order valence-corrected chi connectivity index (χ1v) is 18.3. The molecule has 0 aromatic heterocycles. The number of carbonyl (C=O) groups is 2. The number of hydrogen-bond acceptors (Lipinski definition) is 9. The lowest BCUT2D eigenvalue weighted by atomic mass is 9.98. The molecule has 0 unspecified atom stereocenters. The predicted octanol–water partition coefficient (Wildman–Crippen LogP) is 6.22. The number of carbonyl (C=O) groups excluding carboxylic acids is 2. The fourth-order valence-electron chi connectivity index (χ4n) is 6.55. The number of hydroxylamine groups is 1. The molecule has 0 bridgehead atoms. The zero-order valence-electron chi connectivity index (χ0n) is 30.2. The van der Waals surface area contributed by atoms with E-state index in [2.05, 4.69) is 11.4 Å². The molecule has 1 saturated heterocycles. The van der Waals surface area contributed by atoms with E-state index in [0.717, 1.165) is 52.6 Å². The van der Waals surface area contributed by atoms with E-state index in [1.54, 1.807) is 29.7 Å². The third-order valence-corrected chi connectivity index (χ3v) is 9.49. The van der Waals surface area contributed by atoms with Crippen molar-refractivity contribution in [2.75, 3.05) is 20.1 Å². The maximum atomic E-state index is 12.4. The van der Waals surface area contributed by atoms with E-state index in [1.807, 2.05) is 78.7 Å². The molecule has 5 rings (SSSR count). The number of ether oxygens (including phenoxy) is 2. The van der Waals surface area contributed by atoms with Crippen LogP contribution in [0.2, 0.25) is 0 Å². The number of phenolic OH excluding ortho intramolecular Hbond substituents is 1. The third kappa shape index (κ3) is 12.2. The van der Waals surface area contributed by atoms with Crippen molar-refractivity contribution in [3.05, 3.63) is 125 Å². The second-order valence-corrected chi connectivity index (χ2v) is 13.7. The maximum Gasteiger partial charge on any atom is 0.243 e. The topological polar surface area (TPSA) is 161 Å². The number of likely N-dealkylation sites (N-methyl/N-ethyl adjacent to an activating group) is 1. The number of benzene rings is 4. The average Bonchev–Trinajstić information content (AvgIpc) is 3.18. The quantitative estimate of drug-likeness (QED) is 0.0397. The van der Waals surface area contributed by atoms with Crippen LogP contribution in [0.5, 0.6) is 5.75 Å². The van der Waals surface area contributed by atoms with Gasteiger partial charge in [0.2, 0.25) is 11.8 Å². The Morgan fingerprint density at radius 3 is 2.21 bits per heavy atom. The van der Waals surface area contributed by atoms with Crippen LogP contribution in [0.4, 0.5) is 0 Å². The zero-order chi connectivity index (χ0) is 37.6. The highest BCUT2D eigenvalue weighted by Crippen LogP contribution is 2.39. The number of hydrogen-bond donors (Lipinski definition) is 6. The van der Waals surface area contributed by atoms with Gasteiger partial charge in [0.25, 0.3) is 0 Å². The largest absolute Gasteiger partial charge is 0.508 e. The molecular formula is C42H51N3O8. The van der Waals surface area contributed by atoms with E-state index in [-0.39, 0.29) is 42.8 Å². The highest BCUT2D eigenvalue weighted by Gasteiger charge is 2.33. The number of nitrogens with zero attached hydrogens (tertiary/aromatic N) is 1. The smallest absolute Gasteiger partial charge is 0.243 e. The summed E-state index contributed by atoms with van der Waals surface area (Å²) in [6, 6.07) is 30.6. The Morgan fingerprint density at radius 2 is 1.51 bits per heavy atom. The van der Waals surface area contributed by atoms with E-state index in [0.29, 0.717) is 44.5 Å². The minimum Gasteiger partial charge on any atom is -0.508 e. The Morgan fingerprint density at radius 1 is 0.811 bits per heavy atom. The summed E-state index contributed by atoms with van der Waals surface area (Å²) in [7, 11) is 1.94. The van der Waals surface area contributed by atoms with Gasteiger partial charge in [0.05, 0.1) is 24.9 Å². The highest BCUT2D eigenvalue weighted by molar-refractivity contribution is 5.76. The van der Waals surface area contributed by atoms with E-state index in [9.17, 15) is 24.9 Å². The lowest BCUT2D eigenvalue weighted by Crippen LogP contribution is -2.39. The van der Waals surface area contributed by atoms with Gasteiger partial charge in [0.15, 0.2) is 6.29 Å². The maximum absolute atomic E-state index is 12.4. The van der Waals surface area contributed by atoms with Gasteiger partial charge in [-0.15, -0.1) is 0 Å². The van der Waals surface area contributed by atoms with E-state index in [4.69, 9.17) is 14.7 Å². The van der Waals surface area contributed by atoms with Crippen molar-refractivity contribution in [2.45, 2.75) is 82.7 Å². The molecule has 1 aliphatic rings. The Labute approximate surface area is 311 Å². The Kier molecular flexibility index (Phi) is 14.9. The first kappa shape index (κ1) is 39.6. The summed E-state index contributed by atoms with van der Waals surface area (Å²) >= 11 is 0. The van der Waals surface area contributed by atoms with Crippen molar-refractivity contribution < 1.29 is 39.6 Å². The number of nitrogens with one attached hydrogen (secondary N) is 2. The molecule has 0 spiro atoms. The lowest BCUT2D eigenvalue weighted by molar-refractivity contribution is -0.252. The van der Waals surface area contributed by atoms with Gasteiger partial charge in [-0.25, -0.2) is 5.48 Å². The van der Waals surface area contributed by atoms with Crippen molar-refractivity contribution in [1.82, 2.24) is 15.7 Å². The SMILES string of the molecule is CN(C[C@@H]1C[C@H](c2ccc(CO)cc2)O[C@H](c2ccc(-c3cccc(CNC(=O)CCCCCCC(=O)NO)c3)cc2)O1)C[C@@H](O)c1cccc(O)c1. The average molecular weight is 726 g/mol. The molecule has 6 N–H and O–H groups in total. The number of amides is 2. The second kappa shape index (κ2) is 20.0. The van der Waals surface area contributed by atoms with Gasteiger partial charge in [-0.05, 0) is 71.5 Å². The van der Waals surface area contributed by atoms with Crippen LogP contribution in [-0.2, 0) is 32.2 Å². The van der Waals surface area contributed by atoms with Gasteiger partial charge >= 0.3 is 0 Å². The van der Waals surface area contributed by atoms with Crippen molar-refractivity contribution >= 4 is 11.8 Å². The molecule has 53 heavy (non-hydrogen) atoms. The number of rotatable bonds is 18. The van der Waals surface area contributed by atoms with Gasteiger partial charge in [0.1, 0.15) is 5.75 Å². The lowest BCUT2D eigenvalue weighted by Gasteiger charge is -2.38. The summed E-state index contributed by atoms with van der Waals surface area (Å²) < 4.78 is 13.1. The monoisotopic (exact) mass is 725 g/mol. The number of aliphatic hydroxyl groups excluding tert-OH is 2. The van der Waals surface area contributed by atoms with Crippen LogP contribution in [0.15, 0.2) is 97.1 Å². The summed E-state index contributed by atoms with van der Waals surface area (Å²) in [4.78, 5) is 25.5. The molecule has 4 aromatic rings. The predicted molar refractivity (Wildman–Crippen MR) is 200 cm³/mol. The summed E-state index contributed by atoms with van der Waals surface area (Å²) in [5.74, 6) is -0.290. The van der Waals surface area contributed by atoms with Gasteiger partial charge in [0, 0.05) is 44.5 Å². The van der Waals surface area contributed by atoms with Gasteiger partial charge in [-0.2, -0.15) is 0 Å². The molecule has 4 atom stereocenters. The van der Waals surface area contributed by atoms with Gasteiger partial charge < -0.3 is 35.0 Å². The Bertz CT molecular complexity index is 1750. The molecule has 11 nitrogen and oxygen atoms in total. The molecule has 1 aliphatic heterocycles. The highest BCUT2D eigenvalue weighted by atomic mass is 16.7. The first-order valence-electron chi connectivity index (χ1n) is 18.3. The minimum atomic E-state index is -0.774. The normalized spacial score (nSPS) is 17.7. The molecule has 0 saturated carbocycles. The summed E-state index contributed by atoms with van der Waals surface area (Å²) in [6.07, 6.45) is 2.54. The fourth-order valence-corrected chi connectivity index (χ4v) is 6.55. The summed E-state index contributed by atoms with van der Waals surface area (Å²) in [5.41, 5.74) is 8.00. The van der Waals surface area contributed by atoms with Crippen molar-refractivity contribution in [3.63, 3.8) is 0 Å². The first-order chi connectivity index (χ1) is 25.7. The molecule has 4 aromatic carbocycles. The van der Waals surface area contributed by atoms with Crippen molar-refractivity contribution in [1.29, 1.82) is 0 Å². The molecular weight excluding hydrogens is 674 g/mol. The molecule has 1 heterocycles. The van der Waals surface area contributed by atoms with Crippen molar-refractivity contribution in [2.24, 2.45) is 0 Å². The molecule has 2 amide bonds. The summed E-state index contributed by atoms with van der Waals surface area (Å²) in [5, 5.41) is 41.8. The van der Waals surface area contributed by atoms with Crippen LogP contribution >= 0.6 is 0 Å².